The molecule has 0 aliphatic rings. The first-order valence-electron chi connectivity index (χ1n) is 5.37. The van der Waals surface area contributed by atoms with E-state index in [9.17, 15) is 4.79 Å². The Morgan fingerprint density at radius 1 is 1.47 bits per heavy atom. The van der Waals surface area contributed by atoms with Gasteiger partial charge in [0.1, 0.15) is 5.69 Å². The number of nitrogens with zero attached hydrogens (tertiary/aromatic N) is 1. The highest BCUT2D eigenvalue weighted by atomic mass is 32.1. The summed E-state index contributed by atoms with van der Waals surface area (Å²) in [5, 5.41) is 2.01. The molecular weight excluding hydrogens is 232 g/mol. The highest BCUT2D eigenvalue weighted by molar-refractivity contribution is 7.09. The van der Waals surface area contributed by atoms with Crippen molar-refractivity contribution in [1.82, 2.24) is 9.88 Å². The van der Waals surface area contributed by atoms with E-state index in [1.54, 1.807) is 34.6 Å². The Labute approximate surface area is 104 Å². The predicted octanol–water partition coefficient (Wildman–Crippen LogP) is 2.90. The van der Waals surface area contributed by atoms with Crippen molar-refractivity contribution in [1.29, 1.82) is 0 Å². The number of H-pyrrole nitrogens is 1. The van der Waals surface area contributed by atoms with E-state index in [4.69, 9.17) is 0 Å². The fraction of sp³-hybridized carbons (Fsp3) is 0.154. The molecule has 2 heterocycles. The third-order valence-electron chi connectivity index (χ3n) is 2.39. The standard InChI is InChI=1S/C13H14N2OS/c1-2-8-15(10-11-5-4-9-17-11)13(16)12-6-3-7-14-12/h2-7,9,14H,1,8,10H2. The lowest BCUT2D eigenvalue weighted by atomic mass is 10.3. The minimum absolute atomic E-state index is 0.00306. The highest BCUT2D eigenvalue weighted by Crippen LogP contribution is 2.13. The van der Waals surface area contributed by atoms with Gasteiger partial charge in [0.25, 0.3) is 5.91 Å². The van der Waals surface area contributed by atoms with Crippen molar-refractivity contribution < 1.29 is 4.79 Å². The molecule has 3 nitrogen and oxygen atoms in total. The van der Waals surface area contributed by atoms with Crippen LogP contribution in [-0.4, -0.2) is 22.3 Å². The number of carbonyl (C=O) groups is 1. The first kappa shape index (κ1) is 11.7. The molecule has 0 aliphatic carbocycles. The molecule has 0 unspecified atom stereocenters. The van der Waals surface area contributed by atoms with Gasteiger partial charge in [-0.15, -0.1) is 17.9 Å². The summed E-state index contributed by atoms with van der Waals surface area (Å²) in [6.07, 6.45) is 3.50. The summed E-state index contributed by atoms with van der Waals surface area (Å²) < 4.78 is 0. The Morgan fingerprint density at radius 2 is 2.35 bits per heavy atom. The molecule has 0 aliphatic heterocycles. The second-order valence-corrected chi connectivity index (χ2v) is 4.67. The second-order valence-electron chi connectivity index (χ2n) is 3.64. The number of hydrogen-bond donors (Lipinski definition) is 1. The zero-order chi connectivity index (χ0) is 12.1. The Balaban J connectivity index is 2.11. The van der Waals surface area contributed by atoms with Crippen LogP contribution < -0.4 is 0 Å². The Hall–Kier alpha value is -1.81. The summed E-state index contributed by atoms with van der Waals surface area (Å²) in [5.74, 6) is 0.00306. The number of carbonyl (C=O) groups excluding carboxylic acids is 1. The third kappa shape index (κ3) is 2.85. The molecular formula is C13H14N2OS. The van der Waals surface area contributed by atoms with E-state index in [1.807, 2.05) is 23.6 Å². The van der Waals surface area contributed by atoms with E-state index in [-0.39, 0.29) is 5.91 Å². The van der Waals surface area contributed by atoms with Crippen LogP contribution in [0.25, 0.3) is 0 Å². The lowest BCUT2D eigenvalue weighted by Crippen LogP contribution is -2.30. The second kappa shape index (κ2) is 5.50. The Bertz CT molecular complexity index is 474. The maximum absolute atomic E-state index is 12.2. The van der Waals surface area contributed by atoms with E-state index >= 15 is 0 Å². The first-order valence-corrected chi connectivity index (χ1v) is 6.25. The molecule has 0 spiro atoms. The molecule has 2 rings (SSSR count). The number of nitrogens with one attached hydrogen (secondary N) is 1. The van der Waals surface area contributed by atoms with Gasteiger partial charge in [0.05, 0.1) is 6.54 Å². The molecule has 1 N–H and O–H groups in total. The summed E-state index contributed by atoms with van der Waals surface area (Å²) in [7, 11) is 0. The van der Waals surface area contributed by atoms with Gasteiger partial charge in [-0.2, -0.15) is 0 Å². The fourth-order valence-corrected chi connectivity index (χ4v) is 2.32. The minimum atomic E-state index is 0.00306. The van der Waals surface area contributed by atoms with E-state index < -0.39 is 0 Å². The predicted molar refractivity (Wildman–Crippen MR) is 70.0 cm³/mol. The average Bonchev–Trinajstić information content (AvgIpc) is 3.00. The molecule has 0 fully saturated rings. The summed E-state index contributed by atoms with van der Waals surface area (Å²) in [6, 6.07) is 7.63. The molecule has 2 aromatic heterocycles. The van der Waals surface area contributed by atoms with E-state index in [0.29, 0.717) is 18.8 Å². The number of rotatable bonds is 5. The van der Waals surface area contributed by atoms with E-state index in [1.165, 1.54) is 4.88 Å². The van der Waals surface area contributed by atoms with Crippen LogP contribution in [0.2, 0.25) is 0 Å². The van der Waals surface area contributed by atoms with Crippen molar-refractivity contribution in [2.45, 2.75) is 6.54 Å². The van der Waals surface area contributed by atoms with Crippen LogP contribution in [0.5, 0.6) is 0 Å². The smallest absolute Gasteiger partial charge is 0.270 e. The van der Waals surface area contributed by atoms with Gasteiger partial charge >= 0.3 is 0 Å². The molecule has 0 aromatic carbocycles. The maximum atomic E-state index is 12.2. The number of aromatic nitrogens is 1. The fourth-order valence-electron chi connectivity index (χ4n) is 1.60. The molecule has 0 bridgehead atoms. The largest absolute Gasteiger partial charge is 0.357 e. The zero-order valence-corrected chi connectivity index (χ0v) is 10.2. The monoisotopic (exact) mass is 246 g/mol. The molecule has 88 valence electrons. The van der Waals surface area contributed by atoms with Crippen molar-refractivity contribution in [2.75, 3.05) is 6.54 Å². The number of thiophene rings is 1. The lowest BCUT2D eigenvalue weighted by Gasteiger charge is -2.19. The van der Waals surface area contributed by atoms with Gasteiger partial charge in [-0.3, -0.25) is 4.79 Å². The molecule has 0 saturated carbocycles. The van der Waals surface area contributed by atoms with Gasteiger partial charge in [-0.1, -0.05) is 12.1 Å². The highest BCUT2D eigenvalue weighted by Gasteiger charge is 2.15. The van der Waals surface area contributed by atoms with Gasteiger partial charge in [0, 0.05) is 17.6 Å². The molecule has 4 heteroatoms. The average molecular weight is 246 g/mol. The quantitative estimate of drug-likeness (QED) is 0.809. The van der Waals surface area contributed by atoms with Gasteiger partial charge in [-0.25, -0.2) is 0 Å². The van der Waals surface area contributed by atoms with Crippen molar-refractivity contribution in [2.24, 2.45) is 0 Å². The summed E-state index contributed by atoms with van der Waals surface area (Å²) >= 11 is 1.65. The maximum Gasteiger partial charge on any atom is 0.270 e. The number of hydrogen-bond acceptors (Lipinski definition) is 2. The van der Waals surface area contributed by atoms with Gasteiger partial charge in [-0.05, 0) is 23.6 Å². The van der Waals surface area contributed by atoms with Gasteiger partial charge in [0.2, 0.25) is 0 Å². The first-order chi connectivity index (χ1) is 8.31. The van der Waals surface area contributed by atoms with Crippen molar-refractivity contribution in [3.05, 3.63) is 59.1 Å². The minimum Gasteiger partial charge on any atom is -0.357 e. The molecule has 0 radical (unpaired) electrons. The SMILES string of the molecule is C=CCN(Cc1cccs1)C(=O)c1ccc[nH]1. The third-order valence-corrected chi connectivity index (χ3v) is 3.25. The van der Waals surface area contributed by atoms with E-state index in [2.05, 4.69) is 11.6 Å². The number of amides is 1. The molecule has 2 aromatic rings. The Morgan fingerprint density at radius 3 is 2.94 bits per heavy atom. The van der Waals surface area contributed by atoms with Crippen LogP contribution in [0.15, 0.2) is 48.5 Å². The van der Waals surface area contributed by atoms with Crippen LogP contribution in [0, 0.1) is 0 Å². The van der Waals surface area contributed by atoms with Gasteiger partial charge in [0.15, 0.2) is 0 Å². The Kier molecular flexibility index (Phi) is 3.77. The summed E-state index contributed by atoms with van der Waals surface area (Å²) in [4.78, 5) is 18.0. The zero-order valence-electron chi connectivity index (χ0n) is 9.43. The van der Waals surface area contributed by atoms with E-state index in [0.717, 1.165) is 0 Å². The normalized spacial score (nSPS) is 10.1. The van der Waals surface area contributed by atoms with Crippen molar-refractivity contribution in [3.8, 4) is 0 Å². The lowest BCUT2D eigenvalue weighted by molar-refractivity contribution is 0.0759. The van der Waals surface area contributed by atoms with Gasteiger partial charge < -0.3 is 9.88 Å². The van der Waals surface area contributed by atoms with Crippen molar-refractivity contribution >= 4 is 17.2 Å². The molecule has 17 heavy (non-hydrogen) atoms. The van der Waals surface area contributed by atoms with Crippen molar-refractivity contribution in [3.63, 3.8) is 0 Å². The van der Waals surface area contributed by atoms with Crippen LogP contribution in [0.4, 0.5) is 0 Å². The summed E-state index contributed by atoms with van der Waals surface area (Å²) in [6.45, 7) is 4.87. The molecule has 1 amide bonds. The van der Waals surface area contributed by atoms with Crippen LogP contribution in [0.3, 0.4) is 0 Å². The van der Waals surface area contributed by atoms with Crippen LogP contribution in [-0.2, 0) is 6.54 Å². The van der Waals surface area contributed by atoms with Crippen LogP contribution >= 0.6 is 11.3 Å². The van der Waals surface area contributed by atoms with Crippen LogP contribution in [0.1, 0.15) is 15.4 Å². The summed E-state index contributed by atoms with van der Waals surface area (Å²) in [5.41, 5.74) is 0.614. The molecule has 0 saturated heterocycles. The number of aromatic amines is 1. The topological polar surface area (TPSA) is 36.1 Å². The molecule has 0 atom stereocenters.